The molecule has 154 valence electrons. The summed E-state index contributed by atoms with van der Waals surface area (Å²) in [5.74, 6) is 1.86. The average Bonchev–Trinajstić information content (AvgIpc) is 2.76. The van der Waals surface area contributed by atoms with Gasteiger partial charge in [-0.05, 0) is 75.0 Å². The Morgan fingerprint density at radius 3 is 2.21 bits per heavy atom. The molecule has 2 aromatic carbocycles. The van der Waals surface area contributed by atoms with Crippen LogP contribution in [0, 0.1) is 5.92 Å². The van der Waals surface area contributed by atoms with Gasteiger partial charge in [-0.1, -0.05) is 44.2 Å². The van der Waals surface area contributed by atoms with Crippen LogP contribution in [0.25, 0.3) is 0 Å². The molecule has 0 saturated carbocycles. The molecule has 4 nitrogen and oxygen atoms in total. The number of likely N-dealkylation sites (tertiary alicyclic amines) is 1. The Morgan fingerprint density at radius 1 is 1.00 bits per heavy atom. The monoisotopic (exact) mass is 385 g/mol. The predicted molar refractivity (Wildman–Crippen MR) is 115 cm³/mol. The van der Waals surface area contributed by atoms with Crippen LogP contribution >= 0.6 is 0 Å². The van der Waals surface area contributed by atoms with Gasteiger partial charge in [0.15, 0.2) is 0 Å². The number of hydrogen-bond donors (Lipinski definition) is 2. The lowest BCUT2D eigenvalue weighted by Crippen LogP contribution is -2.43. The molecule has 1 fully saturated rings. The van der Waals surface area contributed by atoms with Crippen molar-refractivity contribution < 1.29 is 14.9 Å². The minimum atomic E-state index is -0.534. The lowest BCUT2D eigenvalue weighted by molar-refractivity contribution is 0.0349. The second-order valence-electron chi connectivity index (χ2n) is 7.21. The van der Waals surface area contributed by atoms with Gasteiger partial charge in [0.1, 0.15) is 11.5 Å². The molecule has 4 heteroatoms. The molecule has 0 radical (unpaired) electrons. The largest absolute Gasteiger partial charge is 0.508 e. The van der Waals surface area contributed by atoms with Crippen LogP contribution in [-0.2, 0) is 0 Å². The van der Waals surface area contributed by atoms with Crippen molar-refractivity contribution in [1.29, 1.82) is 0 Å². The number of piperidine rings is 1. The minimum absolute atomic E-state index is 0.0704. The molecule has 2 N–H and O–H groups in total. The standard InChI is InChI=1S/C22H29NO3.C2H6/c1-17(22(25)19-7-9-20(24)10-8-19)23-14-11-18(12-15-23)13-16-26-21-5-3-2-4-6-21;1-2/h2-10,17-18,22,24-25H,11-16H2,1H3;1-2H3. The number of benzene rings is 2. The van der Waals surface area contributed by atoms with E-state index in [0.29, 0.717) is 5.92 Å². The number of nitrogens with zero attached hydrogens (tertiary/aromatic N) is 1. The number of aliphatic hydroxyl groups is 1. The van der Waals surface area contributed by atoms with Crippen molar-refractivity contribution >= 4 is 0 Å². The molecule has 3 rings (SSSR count). The average molecular weight is 386 g/mol. The summed E-state index contributed by atoms with van der Waals surface area (Å²) in [5.41, 5.74) is 0.855. The maximum absolute atomic E-state index is 10.6. The number of aliphatic hydroxyl groups excluding tert-OH is 1. The fourth-order valence-corrected chi connectivity index (χ4v) is 3.66. The number of phenols is 1. The molecule has 2 atom stereocenters. The lowest BCUT2D eigenvalue weighted by Gasteiger charge is -2.38. The smallest absolute Gasteiger partial charge is 0.119 e. The molecule has 2 unspecified atom stereocenters. The first-order chi connectivity index (χ1) is 13.6. The Hall–Kier alpha value is -2.04. The van der Waals surface area contributed by atoms with Gasteiger partial charge in [-0.2, -0.15) is 0 Å². The maximum Gasteiger partial charge on any atom is 0.119 e. The van der Waals surface area contributed by atoms with Crippen molar-refractivity contribution in [1.82, 2.24) is 4.90 Å². The summed E-state index contributed by atoms with van der Waals surface area (Å²) in [5, 5.41) is 20.0. The molecule has 0 bridgehead atoms. The van der Waals surface area contributed by atoms with E-state index in [-0.39, 0.29) is 11.8 Å². The zero-order valence-electron chi connectivity index (χ0n) is 17.4. The van der Waals surface area contributed by atoms with Crippen LogP contribution in [0.2, 0.25) is 0 Å². The van der Waals surface area contributed by atoms with Crippen LogP contribution < -0.4 is 4.74 Å². The zero-order chi connectivity index (χ0) is 20.4. The third-order valence-electron chi connectivity index (χ3n) is 5.45. The first-order valence-electron chi connectivity index (χ1n) is 10.5. The Bertz CT molecular complexity index is 651. The van der Waals surface area contributed by atoms with E-state index in [2.05, 4.69) is 11.8 Å². The van der Waals surface area contributed by atoms with E-state index in [4.69, 9.17) is 4.74 Å². The van der Waals surface area contributed by atoms with E-state index in [0.717, 1.165) is 50.3 Å². The maximum atomic E-state index is 10.6. The topological polar surface area (TPSA) is 52.9 Å². The summed E-state index contributed by atoms with van der Waals surface area (Å²) in [4.78, 5) is 2.37. The molecule has 1 aliphatic heterocycles. The normalized spacial score (nSPS) is 17.3. The van der Waals surface area contributed by atoms with Crippen LogP contribution in [-0.4, -0.2) is 40.9 Å². The fraction of sp³-hybridized carbons (Fsp3) is 0.500. The molecule has 2 aromatic rings. The SMILES string of the molecule is CC.CC(C(O)c1ccc(O)cc1)N1CCC(CCOc2ccccc2)CC1. The van der Waals surface area contributed by atoms with Gasteiger partial charge in [-0.15, -0.1) is 0 Å². The third kappa shape index (κ3) is 6.54. The number of para-hydroxylation sites is 1. The molecule has 0 aliphatic carbocycles. The van der Waals surface area contributed by atoms with E-state index in [1.165, 1.54) is 0 Å². The number of aromatic hydroxyl groups is 1. The van der Waals surface area contributed by atoms with Gasteiger partial charge in [0.25, 0.3) is 0 Å². The predicted octanol–water partition coefficient (Wildman–Crippen LogP) is 5.02. The number of hydrogen-bond acceptors (Lipinski definition) is 4. The van der Waals surface area contributed by atoms with Gasteiger partial charge in [0, 0.05) is 6.04 Å². The fourth-order valence-electron chi connectivity index (χ4n) is 3.66. The Balaban J connectivity index is 0.00000136. The van der Waals surface area contributed by atoms with Crippen molar-refractivity contribution in [2.75, 3.05) is 19.7 Å². The lowest BCUT2D eigenvalue weighted by atomic mass is 9.92. The molecule has 28 heavy (non-hydrogen) atoms. The van der Waals surface area contributed by atoms with Crippen LogP contribution in [0.15, 0.2) is 54.6 Å². The van der Waals surface area contributed by atoms with E-state index in [9.17, 15) is 10.2 Å². The van der Waals surface area contributed by atoms with Gasteiger partial charge >= 0.3 is 0 Å². The van der Waals surface area contributed by atoms with Crippen LogP contribution in [0.5, 0.6) is 11.5 Å². The van der Waals surface area contributed by atoms with Crippen molar-refractivity contribution in [2.24, 2.45) is 5.92 Å². The summed E-state index contributed by atoms with van der Waals surface area (Å²) < 4.78 is 5.81. The third-order valence-corrected chi connectivity index (χ3v) is 5.45. The Labute approximate surface area is 169 Å². The molecule has 0 spiro atoms. The highest BCUT2D eigenvalue weighted by Crippen LogP contribution is 2.28. The van der Waals surface area contributed by atoms with Crippen molar-refractivity contribution in [2.45, 2.75) is 52.2 Å². The minimum Gasteiger partial charge on any atom is -0.508 e. The second kappa shape index (κ2) is 11.7. The number of rotatable bonds is 7. The van der Waals surface area contributed by atoms with Crippen LogP contribution in [0.3, 0.4) is 0 Å². The van der Waals surface area contributed by atoms with Crippen molar-refractivity contribution in [3.63, 3.8) is 0 Å². The molecule has 1 saturated heterocycles. The van der Waals surface area contributed by atoms with E-state index in [1.807, 2.05) is 44.2 Å². The van der Waals surface area contributed by atoms with Gasteiger partial charge in [-0.3, -0.25) is 4.90 Å². The Morgan fingerprint density at radius 2 is 1.61 bits per heavy atom. The van der Waals surface area contributed by atoms with Gasteiger partial charge in [0.05, 0.1) is 12.7 Å². The molecule has 0 aromatic heterocycles. The summed E-state index contributed by atoms with van der Waals surface area (Å²) in [6, 6.07) is 16.9. The number of phenolic OH excluding ortho intramolecular Hbond substituents is 1. The second-order valence-corrected chi connectivity index (χ2v) is 7.21. The summed E-state index contributed by atoms with van der Waals surface area (Å²) in [6.07, 6.45) is 2.83. The first kappa shape index (κ1) is 22.3. The van der Waals surface area contributed by atoms with E-state index >= 15 is 0 Å². The Kier molecular flexibility index (Phi) is 9.32. The van der Waals surface area contributed by atoms with Crippen LogP contribution in [0.1, 0.15) is 51.7 Å². The van der Waals surface area contributed by atoms with Gasteiger partial charge < -0.3 is 14.9 Å². The highest BCUT2D eigenvalue weighted by atomic mass is 16.5. The molecular weight excluding hydrogens is 350 g/mol. The van der Waals surface area contributed by atoms with Gasteiger partial charge in [-0.25, -0.2) is 0 Å². The number of ether oxygens (including phenoxy) is 1. The summed E-state index contributed by atoms with van der Waals surface area (Å²) in [7, 11) is 0. The zero-order valence-corrected chi connectivity index (χ0v) is 17.4. The molecular formula is C24H35NO3. The van der Waals surface area contributed by atoms with E-state index < -0.39 is 6.10 Å². The van der Waals surface area contributed by atoms with Crippen molar-refractivity contribution in [3.05, 3.63) is 60.2 Å². The first-order valence-corrected chi connectivity index (χ1v) is 10.5. The molecule has 0 amide bonds. The van der Waals surface area contributed by atoms with Crippen LogP contribution in [0.4, 0.5) is 0 Å². The quantitative estimate of drug-likeness (QED) is 0.702. The van der Waals surface area contributed by atoms with E-state index in [1.54, 1.807) is 24.3 Å². The highest BCUT2D eigenvalue weighted by Gasteiger charge is 2.27. The highest BCUT2D eigenvalue weighted by molar-refractivity contribution is 5.28. The van der Waals surface area contributed by atoms with Crippen molar-refractivity contribution in [3.8, 4) is 11.5 Å². The molecule has 1 aliphatic rings. The molecule has 1 heterocycles. The summed E-state index contributed by atoms with van der Waals surface area (Å²) >= 11 is 0. The summed E-state index contributed by atoms with van der Waals surface area (Å²) in [6.45, 7) is 8.86. The van der Waals surface area contributed by atoms with Gasteiger partial charge in [0.2, 0.25) is 0 Å².